The first kappa shape index (κ1) is 25.7. The van der Waals surface area contributed by atoms with Crippen LogP contribution in [0.4, 0.5) is 15.8 Å². The van der Waals surface area contributed by atoms with E-state index in [4.69, 9.17) is 12.2 Å². The summed E-state index contributed by atoms with van der Waals surface area (Å²) in [5.74, 6) is -0.309. The molecule has 40 heavy (non-hydrogen) atoms. The van der Waals surface area contributed by atoms with Gasteiger partial charge >= 0.3 is 0 Å². The highest BCUT2D eigenvalue weighted by Gasteiger charge is 2.42. The lowest BCUT2D eigenvalue weighted by Crippen LogP contribution is -2.30. The van der Waals surface area contributed by atoms with E-state index in [-0.39, 0.29) is 23.6 Å². The summed E-state index contributed by atoms with van der Waals surface area (Å²) in [6.45, 7) is 0. The molecule has 2 atom stereocenters. The van der Waals surface area contributed by atoms with Gasteiger partial charge in [0.25, 0.3) is 5.69 Å². The van der Waals surface area contributed by atoms with Crippen LogP contribution >= 0.6 is 24.0 Å². The molecule has 10 heteroatoms. The molecule has 0 amide bonds. The Morgan fingerprint density at radius 2 is 1.65 bits per heavy atom. The Bertz CT molecular complexity index is 1680. The molecule has 0 saturated carbocycles. The third-order valence-electron chi connectivity index (χ3n) is 6.67. The van der Waals surface area contributed by atoms with Crippen LogP contribution in [-0.4, -0.2) is 19.6 Å². The predicted molar refractivity (Wildman–Crippen MR) is 157 cm³/mol. The highest BCUT2D eigenvalue weighted by Crippen LogP contribution is 2.43. The third kappa shape index (κ3) is 5.06. The Kier molecular flexibility index (Phi) is 7.02. The van der Waals surface area contributed by atoms with E-state index in [0.717, 1.165) is 26.9 Å². The minimum atomic E-state index is -0.407. The zero-order chi connectivity index (χ0) is 27.6. The summed E-state index contributed by atoms with van der Waals surface area (Å²) in [4.78, 5) is 19.1. The van der Waals surface area contributed by atoms with E-state index in [1.807, 2.05) is 71.4 Å². The molecule has 1 N–H and O–H groups in total. The largest absolute Gasteiger partial charge is 0.351 e. The Labute approximate surface area is 239 Å². The van der Waals surface area contributed by atoms with Crippen molar-refractivity contribution in [2.45, 2.75) is 21.9 Å². The number of rotatable bonds is 7. The van der Waals surface area contributed by atoms with E-state index in [1.165, 1.54) is 36.0 Å². The molecule has 0 spiro atoms. The molecule has 1 aliphatic rings. The van der Waals surface area contributed by atoms with E-state index in [2.05, 4.69) is 15.2 Å². The standard InChI is InChI=1S/C30H22FN5O2S2/c31-20-5-3-6-23(19-20)34-18-4-8-27(34)29-28(26-7-1-2-17-32-26)33-30(39)35(29)21-9-13-24(14-10-21)40-25-15-11-22(12-16-25)36(37)38/h1-19,28-29H,(H,33,39)/t28-,29-/m1/s1. The molecule has 1 saturated heterocycles. The number of nitro groups is 1. The summed E-state index contributed by atoms with van der Waals surface area (Å²) in [6.07, 6.45) is 3.68. The van der Waals surface area contributed by atoms with Gasteiger partial charge in [0.05, 0.1) is 16.7 Å². The van der Waals surface area contributed by atoms with Crippen molar-refractivity contribution in [3.63, 3.8) is 0 Å². The Balaban J connectivity index is 1.36. The number of nitro benzene ring substituents is 1. The molecule has 3 heterocycles. The van der Waals surface area contributed by atoms with Crippen molar-refractivity contribution in [1.29, 1.82) is 0 Å². The van der Waals surface area contributed by atoms with Crippen molar-refractivity contribution >= 4 is 40.5 Å². The second-order valence-electron chi connectivity index (χ2n) is 9.13. The van der Waals surface area contributed by atoms with Crippen molar-refractivity contribution < 1.29 is 9.31 Å². The van der Waals surface area contributed by atoms with E-state index in [1.54, 1.807) is 24.4 Å². The van der Waals surface area contributed by atoms with Crippen LogP contribution in [0, 0.1) is 15.9 Å². The fourth-order valence-electron chi connectivity index (χ4n) is 4.88. The highest BCUT2D eigenvalue weighted by atomic mass is 32.2. The van der Waals surface area contributed by atoms with Crippen LogP contribution in [0.5, 0.6) is 0 Å². The number of nitrogens with zero attached hydrogens (tertiary/aromatic N) is 4. The number of benzene rings is 3. The molecule has 1 aliphatic heterocycles. The Morgan fingerprint density at radius 3 is 2.33 bits per heavy atom. The number of anilines is 1. The number of hydrogen-bond donors (Lipinski definition) is 1. The van der Waals surface area contributed by atoms with Crippen molar-refractivity contribution in [1.82, 2.24) is 14.9 Å². The quantitative estimate of drug-likeness (QED) is 0.126. The highest BCUT2D eigenvalue weighted by molar-refractivity contribution is 7.99. The average molecular weight is 568 g/mol. The van der Waals surface area contributed by atoms with Crippen molar-refractivity contribution in [3.05, 3.63) is 143 Å². The van der Waals surface area contributed by atoms with Crippen molar-refractivity contribution in [2.75, 3.05) is 4.90 Å². The maximum Gasteiger partial charge on any atom is 0.269 e. The molecule has 0 bridgehead atoms. The summed E-state index contributed by atoms with van der Waals surface area (Å²) < 4.78 is 16.1. The minimum Gasteiger partial charge on any atom is -0.351 e. The van der Waals surface area contributed by atoms with Crippen LogP contribution in [0.25, 0.3) is 5.69 Å². The van der Waals surface area contributed by atoms with Gasteiger partial charge in [-0.05, 0) is 91.1 Å². The molecule has 0 radical (unpaired) electrons. The van der Waals surface area contributed by atoms with Gasteiger partial charge in [-0.1, -0.05) is 23.9 Å². The van der Waals surface area contributed by atoms with Crippen LogP contribution in [0.15, 0.2) is 125 Å². The van der Waals surface area contributed by atoms with E-state index in [9.17, 15) is 14.5 Å². The second kappa shape index (κ2) is 10.9. The summed E-state index contributed by atoms with van der Waals surface area (Å²) in [5, 5.41) is 15.0. The summed E-state index contributed by atoms with van der Waals surface area (Å²) >= 11 is 7.38. The predicted octanol–water partition coefficient (Wildman–Crippen LogP) is 7.25. The van der Waals surface area contributed by atoms with Gasteiger partial charge in [-0.2, -0.15) is 0 Å². The Hall–Kier alpha value is -4.54. The second-order valence-corrected chi connectivity index (χ2v) is 10.7. The number of hydrogen-bond acceptors (Lipinski definition) is 5. The molecule has 198 valence electrons. The molecular weight excluding hydrogens is 545 g/mol. The molecule has 2 aromatic heterocycles. The normalized spacial score (nSPS) is 16.6. The van der Waals surface area contributed by atoms with Gasteiger partial charge < -0.3 is 14.8 Å². The van der Waals surface area contributed by atoms with Gasteiger partial charge in [-0.3, -0.25) is 15.1 Å². The lowest BCUT2D eigenvalue weighted by Gasteiger charge is -2.29. The van der Waals surface area contributed by atoms with Crippen molar-refractivity contribution in [2.24, 2.45) is 0 Å². The molecule has 5 aromatic rings. The van der Waals surface area contributed by atoms with Gasteiger partial charge in [0.15, 0.2) is 5.11 Å². The lowest BCUT2D eigenvalue weighted by atomic mass is 10.0. The number of thiocarbonyl (C=S) groups is 1. The first-order chi connectivity index (χ1) is 19.5. The van der Waals surface area contributed by atoms with Gasteiger partial charge in [0.2, 0.25) is 0 Å². The maximum atomic E-state index is 14.2. The number of pyridine rings is 1. The SMILES string of the molecule is O=[N+]([O-])c1ccc(Sc2ccc(N3C(=S)N[C@H](c4ccccn4)[C@H]3c3cccn3-c3cccc(F)c3)cc2)cc1. The zero-order valence-electron chi connectivity index (χ0n) is 20.9. The van der Waals surface area contributed by atoms with Gasteiger partial charge in [-0.25, -0.2) is 4.39 Å². The van der Waals surface area contributed by atoms with Crippen LogP contribution < -0.4 is 10.2 Å². The fraction of sp³-hybridized carbons (Fsp3) is 0.0667. The van der Waals surface area contributed by atoms with Crippen molar-refractivity contribution in [3.8, 4) is 5.69 Å². The fourth-order valence-corrected chi connectivity index (χ4v) is 6.04. The average Bonchev–Trinajstić information content (AvgIpc) is 3.59. The minimum absolute atomic E-state index is 0.0613. The lowest BCUT2D eigenvalue weighted by molar-refractivity contribution is -0.384. The number of aromatic nitrogens is 2. The monoisotopic (exact) mass is 567 g/mol. The molecular formula is C30H22FN5O2S2. The molecule has 3 aromatic carbocycles. The maximum absolute atomic E-state index is 14.2. The van der Waals surface area contributed by atoms with Gasteiger partial charge in [0.1, 0.15) is 11.9 Å². The summed E-state index contributed by atoms with van der Waals surface area (Å²) in [6, 6.07) is 30.2. The smallest absolute Gasteiger partial charge is 0.269 e. The summed E-state index contributed by atoms with van der Waals surface area (Å²) in [5.41, 5.74) is 3.44. The molecule has 7 nitrogen and oxygen atoms in total. The van der Waals surface area contributed by atoms with Gasteiger partial charge in [0, 0.05) is 51.4 Å². The number of halogens is 1. The van der Waals surface area contributed by atoms with E-state index < -0.39 is 4.92 Å². The molecule has 1 fully saturated rings. The van der Waals surface area contributed by atoms with Crippen LogP contribution in [0.1, 0.15) is 23.5 Å². The first-order valence-corrected chi connectivity index (χ1v) is 13.7. The van der Waals surface area contributed by atoms with E-state index in [0.29, 0.717) is 10.8 Å². The number of nitrogens with one attached hydrogen (secondary N) is 1. The molecule has 0 unspecified atom stereocenters. The zero-order valence-corrected chi connectivity index (χ0v) is 22.6. The number of non-ortho nitro benzene ring substituents is 1. The summed E-state index contributed by atoms with van der Waals surface area (Å²) in [7, 11) is 0. The first-order valence-electron chi connectivity index (χ1n) is 12.4. The topological polar surface area (TPSA) is 76.2 Å². The Morgan fingerprint density at radius 1 is 0.900 bits per heavy atom. The van der Waals surface area contributed by atoms with Crippen LogP contribution in [0.3, 0.4) is 0 Å². The van der Waals surface area contributed by atoms with E-state index >= 15 is 0 Å². The molecule has 0 aliphatic carbocycles. The third-order valence-corrected chi connectivity index (χ3v) is 8.00. The van der Waals surface area contributed by atoms with Crippen LogP contribution in [0.2, 0.25) is 0 Å². The van der Waals surface area contributed by atoms with Crippen LogP contribution in [-0.2, 0) is 0 Å². The molecule has 6 rings (SSSR count). The van der Waals surface area contributed by atoms with Gasteiger partial charge in [-0.15, -0.1) is 0 Å².